The predicted octanol–water partition coefficient (Wildman–Crippen LogP) is 4.34. The quantitative estimate of drug-likeness (QED) is 0.694. The second kappa shape index (κ2) is 8.19. The lowest BCUT2D eigenvalue weighted by Crippen LogP contribution is -2.17. The Kier molecular flexibility index (Phi) is 5.30. The van der Waals surface area contributed by atoms with E-state index in [-0.39, 0.29) is 5.91 Å². The van der Waals surface area contributed by atoms with Gasteiger partial charge in [-0.3, -0.25) is 9.78 Å². The number of carbonyl (C=O) groups is 1. The average Bonchev–Trinajstić information content (AvgIpc) is 2.73. The van der Waals surface area contributed by atoms with Gasteiger partial charge >= 0.3 is 0 Å². The fourth-order valence-corrected chi connectivity index (χ4v) is 3.02. The molecule has 0 radical (unpaired) electrons. The molecule has 28 heavy (non-hydrogen) atoms. The number of anilines is 1. The van der Waals surface area contributed by atoms with Gasteiger partial charge in [-0.15, -0.1) is 0 Å². The molecule has 6 nitrogen and oxygen atoms in total. The molecule has 1 aromatic heterocycles. The zero-order valence-electron chi connectivity index (χ0n) is 14.9. The predicted molar refractivity (Wildman–Crippen MR) is 105 cm³/mol. The van der Waals surface area contributed by atoms with Crippen molar-refractivity contribution in [3.63, 3.8) is 0 Å². The Morgan fingerprint density at radius 3 is 2.89 bits per heavy atom. The van der Waals surface area contributed by atoms with Crippen molar-refractivity contribution in [1.82, 2.24) is 4.98 Å². The van der Waals surface area contributed by atoms with Gasteiger partial charge < -0.3 is 19.5 Å². The standard InChI is InChI=1S/C21H17ClN2O4/c22-18-9-15(10-19-20(18)27-8-7-26-19)21(25)24-16-4-1-5-17(11-16)28-13-14-3-2-6-23-12-14/h1-6,9-12H,7-8,13H2,(H,24,25). The van der Waals surface area contributed by atoms with Crippen molar-refractivity contribution >= 4 is 23.2 Å². The van der Waals surface area contributed by atoms with Crippen molar-refractivity contribution in [2.75, 3.05) is 18.5 Å². The average molecular weight is 397 g/mol. The summed E-state index contributed by atoms with van der Waals surface area (Å²) in [6.07, 6.45) is 3.46. The minimum Gasteiger partial charge on any atom is -0.489 e. The molecule has 0 unspecified atom stereocenters. The van der Waals surface area contributed by atoms with Crippen molar-refractivity contribution in [3.05, 3.63) is 77.1 Å². The summed E-state index contributed by atoms with van der Waals surface area (Å²) in [6, 6.07) is 14.2. The lowest BCUT2D eigenvalue weighted by Gasteiger charge is -2.20. The van der Waals surface area contributed by atoms with Crippen LogP contribution in [0.25, 0.3) is 0 Å². The maximum atomic E-state index is 12.6. The first-order chi connectivity index (χ1) is 13.7. The summed E-state index contributed by atoms with van der Waals surface area (Å²) < 4.78 is 16.8. The first-order valence-electron chi connectivity index (χ1n) is 8.71. The van der Waals surface area contributed by atoms with Crippen molar-refractivity contribution < 1.29 is 19.0 Å². The van der Waals surface area contributed by atoms with Crippen LogP contribution in [0.3, 0.4) is 0 Å². The van der Waals surface area contributed by atoms with Crippen LogP contribution in [0.1, 0.15) is 15.9 Å². The van der Waals surface area contributed by atoms with Crippen LogP contribution in [0, 0.1) is 0 Å². The SMILES string of the molecule is O=C(Nc1cccc(OCc2cccnc2)c1)c1cc(Cl)c2c(c1)OCCO2. The maximum Gasteiger partial charge on any atom is 0.255 e. The molecule has 142 valence electrons. The number of amides is 1. The number of carbonyl (C=O) groups excluding carboxylic acids is 1. The Morgan fingerprint density at radius 2 is 2.04 bits per heavy atom. The molecule has 1 aliphatic heterocycles. The van der Waals surface area contributed by atoms with Crippen LogP contribution in [0.2, 0.25) is 5.02 Å². The molecule has 1 amide bonds. The normalized spacial score (nSPS) is 12.3. The van der Waals surface area contributed by atoms with Gasteiger partial charge in [-0.2, -0.15) is 0 Å². The van der Waals surface area contributed by atoms with E-state index in [1.54, 1.807) is 36.7 Å². The van der Waals surface area contributed by atoms with E-state index < -0.39 is 0 Å². The number of rotatable bonds is 5. The molecule has 0 aliphatic carbocycles. The molecule has 0 saturated carbocycles. The van der Waals surface area contributed by atoms with Crippen molar-refractivity contribution in [1.29, 1.82) is 0 Å². The summed E-state index contributed by atoms with van der Waals surface area (Å²) in [5, 5.41) is 3.19. The van der Waals surface area contributed by atoms with E-state index in [1.165, 1.54) is 0 Å². The van der Waals surface area contributed by atoms with Gasteiger partial charge in [0.2, 0.25) is 0 Å². The van der Waals surface area contributed by atoms with Crippen LogP contribution in [-0.2, 0) is 6.61 Å². The minimum atomic E-state index is -0.303. The van der Waals surface area contributed by atoms with Gasteiger partial charge in [-0.1, -0.05) is 23.7 Å². The zero-order chi connectivity index (χ0) is 19.3. The molecule has 4 rings (SSSR count). The second-order valence-corrected chi connectivity index (χ2v) is 6.52. The van der Waals surface area contributed by atoms with Crippen LogP contribution in [-0.4, -0.2) is 24.1 Å². The number of fused-ring (bicyclic) bond motifs is 1. The molecule has 2 aromatic carbocycles. The molecule has 2 heterocycles. The van der Waals surface area contributed by atoms with E-state index >= 15 is 0 Å². The molecule has 0 fully saturated rings. The van der Waals surface area contributed by atoms with Crippen LogP contribution >= 0.6 is 11.6 Å². The van der Waals surface area contributed by atoms with Gasteiger partial charge in [0.15, 0.2) is 11.5 Å². The molecule has 7 heteroatoms. The first kappa shape index (κ1) is 18.1. The Hall–Kier alpha value is -3.25. The highest BCUT2D eigenvalue weighted by atomic mass is 35.5. The van der Waals surface area contributed by atoms with Gasteiger partial charge in [0, 0.05) is 35.3 Å². The summed E-state index contributed by atoms with van der Waals surface area (Å²) in [6.45, 7) is 1.25. The molecule has 1 aliphatic rings. The third-order valence-corrected chi connectivity index (χ3v) is 4.36. The highest BCUT2D eigenvalue weighted by molar-refractivity contribution is 6.32. The van der Waals surface area contributed by atoms with E-state index in [0.29, 0.717) is 53.3 Å². The zero-order valence-corrected chi connectivity index (χ0v) is 15.6. The fourth-order valence-electron chi connectivity index (χ4n) is 2.76. The Balaban J connectivity index is 1.45. The number of nitrogens with one attached hydrogen (secondary N) is 1. The fraction of sp³-hybridized carbons (Fsp3) is 0.143. The molecular weight excluding hydrogens is 380 g/mol. The Morgan fingerprint density at radius 1 is 1.14 bits per heavy atom. The summed E-state index contributed by atoms with van der Waals surface area (Å²) in [7, 11) is 0. The number of nitrogens with zero attached hydrogens (tertiary/aromatic N) is 1. The van der Waals surface area contributed by atoms with E-state index in [4.69, 9.17) is 25.8 Å². The molecule has 0 spiro atoms. The number of aromatic nitrogens is 1. The van der Waals surface area contributed by atoms with Crippen LogP contribution in [0.5, 0.6) is 17.2 Å². The first-order valence-corrected chi connectivity index (χ1v) is 9.09. The third kappa shape index (κ3) is 4.18. The van der Waals surface area contributed by atoms with E-state index in [2.05, 4.69) is 10.3 Å². The number of hydrogen-bond acceptors (Lipinski definition) is 5. The summed E-state index contributed by atoms with van der Waals surface area (Å²) in [4.78, 5) is 16.7. The molecule has 0 saturated heterocycles. The van der Waals surface area contributed by atoms with Gasteiger partial charge in [0.1, 0.15) is 25.6 Å². The number of benzene rings is 2. The highest BCUT2D eigenvalue weighted by Gasteiger charge is 2.19. The van der Waals surface area contributed by atoms with Crippen molar-refractivity contribution in [2.24, 2.45) is 0 Å². The minimum absolute atomic E-state index is 0.303. The monoisotopic (exact) mass is 396 g/mol. The summed E-state index contributed by atoms with van der Waals surface area (Å²) >= 11 is 6.21. The lowest BCUT2D eigenvalue weighted by atomic mass is 10.1. The Bertz CT molecular complexity index is 995. The smallest absolute Gasteiger partial charge is 0.255 e. The van der Waals surface area contributed by atoms with Crippen molar-refractivity contribution in [2.45, 2.75) is 6.61 Å². The number of pyridine rings is 1. The van der Waals surface area contributed by atoms with E-state index in [9.17, 15) is 4.79 Å². The van der Waals surface area contributed by atoms with Crippen molar-refractivity contribution in [3.8, 4) is 17.2 Å². The number of ether oxygens (including phenoxy) is 3. The maximum absolute atomic E-state index is 12.6. The van der Waals surface area contributed by atoms with E-state index in [1.807, 2.05) is 24.3 Å². The van der Waals surface area contributed by atoms with Crippen LogP contribution < -0.4 is 19.5 Å². The van der Waals surface area contributed by atoms with Gasteiger partial charge in [0.05, 0.1) is 5.02 Å². The number of hydrogen-bond donors (Lipinski definition) is 1. The van der Waals surface area contributed by atoms with E-state index in [0.717, 1.165) is 5.56 Å². The molecule has 3 aromatic rings. The summed E-state index contributed by atoms with van der Waals surface area (Å²) in [5.41, 5.74) is 1.96. The van der Waals surface area contributed by atoms with Crippen LogP contribution in [0.15, 0.2) is 60.9 Å². The Labute approximate surface area is 167 Å². The van der Waals surface area contributed by atoms with Gasteiger partial charge in [-0.05, 0) is 30.3 Å². The molecule has 0 atom stereocenters. The van der Waals surface area contributed by atoms with Gasteiger partial charge in [0.25, 0.3) is 5.91 Å². The third-order valence-electron chi connectivity index (χ3n) is 4.08. The van der Waals surface area contributed by atoms with Gasteiger partial charge in [-0.25, -0.2) is 0 Å². The van der Waals surface area contributed by atoms with Crippen LogP contribution in [0.4, 0.5) is 5.69 Å². The lowest BCUT2D eigenvalue weighted by molar-refractivity contribution is 0.102. The highest BCUT2D eigenvalue weighted by Crippen LogP contribution is 2.38. The molecule has 0 bridgehead atoms. The summed E-state index contributed by atoms with van der Waals surface area (Å²) in [5.74, 6) is 1.28. The number of halogens is 1. The molecule has 1 N–H and O–H groups in total. The topological polar surface area (TPSA) is 69.7 Å². The second-order valence-electron chi connectivity index (χ2n) is 6.11. The molecular formula is C21H17ClN2O4. The largest absolute Gasteiger partial charge is 0.489 e.